The third kappa shape index (κ3) is 4.14. The number of rotatable bonds is 6. The molecule has 2 amide bonds. The van der Waals surface area contributed by atoms with Gasteiger partial charge in [0.05, 0.1) is 0 Å². The normalized spacial score (nSPS) is 22.0. The van der Waals surface area contributed by atoms with Gasteiger partial charge in [0, 0.05) is 43.5 Å². The van der Waals surface area contributed by atoms with Gasteiger partial charge in [-0.1, -0.05) is 54.6 Å². The second kappa shape index (κ2) is 8.65. The molecule has 2 saturated carbocycles. The van der Waals surface area contributed by atoms with Crippen LogP contribution in [0.1, 0.15) is 37.7 Å². The van der Waals surface area contributed by atoms with Gasteiger partial charge in [0.25, 0.3) is 5.91 Å². The topological polar surface area (TPSA) is 65.9 Å². The molecule has 1 saturated heterocycles. The Bertz CT molecular complexity index is 1370. The van der Waals surface area contributed by atoms with E-state index in [4.69, 9.17) is 4.99 Å². The molecule has 1 unspecified atom stereocenters. The number of hydrogen-bond donors (Lipinski definition) is 0. The summed E-state index contributed by atoms with van der Waals surface area (Å²) in [5.41, 5.74) is 4.97. The maximum absolute atomic E-state index is 13.4. The number of carbonyl (C=O) groups excluding carboxylic acids is 2. The Hall–Kier alpha value is -3.80. The second-order valence-electron chi connectivity index (χ2n) is 11.0. The van der Waals surface area contributed by atoms with Crippen LogP contribution in [0, 0.1) is 11.8 Å². The molecule has 37 heavy (non-hydrogen) atoms. The molecule has 0 bridgehead atoms. The van der Waals surface area contributed by atoms with E-state index in [1.165, 1.54) is 0 Å². The number of benzene rings is 2. The number of pyridine rings is 1. The fourth-order valence-electron chi connectivity index (χ4n) is 5.72. The molecule has 3 aromatic rings. The van der Waals surface area contributed by atoms with Crippen molar-refractivity contribution in [3.63, 3.8) is 0 Å². The molecule has 186 valence electrons. The van der Waals surface area contributed by atoms with Crippen LogP contribution in [0.4, 0.5) is 0 Å². The molecule has 3 heterocycles. The summed E-state index contributed by atoms with van der Waals surface area (Å²) in [4.78, 5) is 39.0. The highest BCUT2D eigenvalue weighted by Crippen LogP contribution is 2.46. The molecule has 1 atom stereocenters. The first-order valence-electron chi connectivity index (χ1n) is 13.4. The third-order valence-corrected chi connectivity index (χ3v) is 8.26. The number of aromatic nitrogens is 1. The zero-order valence-electron chi connectivity index (χ0n) is 20.8. The fourth-order valence-corrected chi connectivity index (χ4v) is 5.72. The van der Waals surface area contributed by atoms with Crippen molar-refractivity contribution in [2.45, 2.75) is 37.6 Å². The van der Waals surface area contributed by atoms with Gasteiger partial charge in [-0.2, -0.15) is 0 Å². The first-order valence-corrected chi connectivity index (χ1v) is 13.4. The third-order valence-electron chi connectivity index (χ3n) is 8.26. The van der Waals surface area contributed by atoms with E-state index in [0.717, 1.165) is 78.8 Å². The molecule has 3 fully saturated rings. The van der Waals surface area contributed by atoms with E-state index >= 15 is 0 Å². The Morgan fingerprint density at radius 2 is 1.51 bits per heavy atom. The number of amidine groups is 1. The van der Waals surface area contributed by atoms with Crippen LogP contribution in [-0.2, 0) is 9.59 Å². The zero-order valence-corrected chi connectivity index (χ0v) is 20.8. The van der Waals surface area contributed by atoms with Gasteiger partial charge >= 0.3 is 0 Å². The molecule has 7 rings (SSSR count). The molecular weight excluding hydrogens is 460 g/mol. The monoisotopic (exact) mass is 490 g/mol. The highest BCUT2D eigenvalue weighted by atomic mass is 16.2. The van der Waals surface area contributed by atoms with Crippen LogP contribution in [0.25, 0.3) is 22.3 Å². The van der Waals surface area contributed by atoms with Gasteiger partial charge in [0.1, 0.15) is 11.4 Å². The van der Waals surface area contributed by atoms with E-state index in [-0.39, 0.29) is 11.8 Å². The molecule has 6 heteroatoms. The molecule has 2 aromatic carbocycles. The summed E-state index contributed by atoms with van der Waals surface area (Å²) in [7, 11) is 0. The minimum Gasteiger partial charge on any atom is -0.342 e. The summed E-state index contributed by atoms with van der Waals surface area (Å²) >= 11 is 0. The molecule has 2 aliphatic carbocycles. The van der Waals surface area contributed by atoms with Crippen molar-refractivity contribution in [3.05, 3.63) is 78.6 Å². The van der Waals surface area contributed by atoms with E-state index < -0.39 is 5.54 Å². The molecule has 1 spiro atoms. The van der Waals surface area contributed by atoms with Gasteiger partial charge in [-0.15, -0.1) is 0 Å². The molecular formula is C31H30N4O2. The number of hydrogen-bond acceptors (Lipinski definition) is 4. The number of amides is 2. The number of carbonyl (C=O) groups is 2. The van der Waals surface area contributed by atoms with Crippen molar-refractivity contribution in [1.82, 2.24) is 14.8 Å². The Labute approximate surface area is 217 Å². The largest absolute Gasteiger partial charge is 0.342 e. The molecule has 4 aliphatic rings. The highest BCUT2D eigenvalue weighted by Gasteiger charge is 2.57. The van der Waals surface area contributed by atoms with Crippen LogP contribution in [0.15, 0.2) is 78.0 Å². The van der Waals surface area contributed by atoms with Crippen LogP contribution in [0.5, 0.6) is 0 Å². The summed E-state index contributed by atoms with van der Waals surface area (Å²) in [5.74, 6) is 1.82. The van der Waals surface area contributed by atoms with Crippen LogP contribution in [0.3, 0.4) is 0 Å². The van der Waals surface area contributed by atoms with Crippen molar-refractivity contribution >= 4 is 17.6 Å². The van der Waals surface area contributed by atoms with Crippen LogP contribution in [-0.4, -0.2) is 57.6 Å². The van der Waals surface area contributed by atoms with Crippen LogP contribution < -0.4 is 0 Å². The Balaban J connectivity index is 1.08. The Morgan fingerprint density at radius 1 is 0.865 bits per heavy atom. The molecule has 6 nitrogen and oxygen atoms in total. The van der Waals surface area contributed by atoms with Crippen molar-refractivity contribution in [2.24, 2.45) is 16.8 Å². The van der Waals surface area contributed by atoms with Gasteiger partial charge in [-0.05, 0) is 66.3 Å². The standard InChI is InChI=1S/C31H30N4O2/c36-29(26-11-12-26)34-17-13-21(19-34)20-35-28(33-31(14-15-31)30(35)37)25-9-7-23(8-10-25)22-3-5-24(6-4-22)27-2-1-16-32-18-27/h1-10,16,18,21,26H,11-15,17,19-20H2. The Morgan fingerprint density at radius 3 is 2.11 bits per heavy atom. The summed E-state index contributed by atoms with van der Waals surface area (Å²) in [5, 5.41) is 0. The van der Waals surface area contributed by atoms with Crippen molar-refractivity contribution < 1.29 is 9.59 Å². The van der Waals surface area contributed by atoms with Gasteiger partial charge in [0.15, 0.2) is 0 Å². The average Bonchev–Trinajstić information content (AvgIpc) is 3.87. The smallest absolute Gasteiger partial charge is 0.256 e. The van der Waals surface area contributed by atoms with Crippen LogP contribution in [0.2, 0.25) is 0 Å². The lowest BCUT2D eigenvalue weighted by Gasteiger charge is -2.23. The van der Waals surface area contributed by atoms with Crippen molar-refractivity contribution in [1.29, 1.82) is 0 Å². The lowest BCUT2D eigenvalue weighted by Crippen LogP contribution is -2.40. The zero-order chi connectivity index (χ0) is 25.0. The minimum absolute atomic E-state index is 0.143. The van der Waals surface area contributed by atoms with E-state index in [9.17, 15) is 9.59 Å². The highest BCUT2D eigenvalue weighted by molar-refractivity contribution is 6.16. The summed E-state index contributed by atoms with van der Waals surface area (Å²) in [6.45, 7) is 2.21. The quantitative estimate of drug-likeness (QED) is 0.499. The predicted molar refractivity (Wildman–Crippen MR) is 143 cm³/mol. The van der Waals surface area contributed by atoms with Gasteiger partial charge in [-0.3, -0.25) is 24.5 Å². The van der Waals surface area contributed by atoms with E-state index in [1.807, 2.05) is 22.1 Å². The van der Waals surface area contributed by atoms with Crippen molar-refractivity contribution in [3.8, 4) is 22.3 Å². The second-order valence-corrected chi connectivity index (χ2v) is 11.0. The van der Waals surface area contributed by atoms with Gasteiger partial charge in [0.2, 0.25) is 5.91 Å². The van der Waals surface area contributed by atoms with E-state index in [2.05, 4.69) is 59.6 Å². The fraction of sp³-hybridized carbons (Fsp3) is 0.355. The SMILES string of the molecule is O=C(C1CC1)N1CCC(CN2C(=O)C3(CC3)N=C2c2ccc(-c3ccc(-c4cccnc4)cc3)cc2)C1. The predicted octanol–water partition coefficient (Wildman–Crippen LogP) is 4.80. The average molecular weight is 491 g/mol. The number of likely N-dealkylation sites (tertiary alicyclic amines) is 1. The maximum atomic E-state index is 13.4. The number of aliphatic imine (C=N–C) groups is 1. The van der Waals surface area contributed by atoms with Crippen LogP contribution >= 0.6 is 0 Å². The lowest BCUT2D eigenvalue weighted by molar-refractivity contribution is -0.131. The molecule has 0 N–H and O–H groups in total. The lowest BCUT2D eigenvalue weighted by atomic mass is 10.00. The van der Waals surface area contributed by atoms with Gasteiger partial charge in [-0.25, -0.2) is 0 Å². The first-order chi connectivity index (χ1) is 18.1. The maximum Gasteiger partial charge on any atom is 0.256 e. The number of nitrogens with zero attached hydrogens (tertiary/aromatic N) is 4. The molecule has 0 radical (unpaired) electrons. The Kier molecular flexibility index (Phi) is 5.24. The van der Waals surface area contributed by atoms with E-state index in [1.54, 1.807) is 6.20 Å². The summed E-state index contributed by atoms with van der Waals surface area (Å²) in [6.07, 6.45) is 8.36. The minimum atomic E-state index is -0.530. The first kappa shape index (κ1) is 22.4. The molecule has 2 aliphatic heterocycles. The molecule has 1 aromatic heterocycles. The van der Waals surface area contributed by atoms with Crippen molar-refractivity contribution in [2.75, 3.05) is 19.6 Å². The van der Waals surface area contributed by atoms with E-state index in [0.29, 0.717) is 18.4 Å². The summed E-state index contributed by atoms with van der Waals surface area (Å²) < 4.78 is 0. The van der Waals surface area contributed by atoms with Gasteiger partial charge < -0.3 is 4.90 Å². The summed E-state index contributed by atoms with van der Waals surface area (Å²) in [6, 6.07) is 20.9.